The monoisotopic (exact) mass is 375 g/mol. The lowest BCUT2D eigenvalue weighted by Gasteiger charge is -2.33. The smallest absolute Gasteiger partial charge is 0.280 e. The largest absolute Gasteiger partial charge is 0.333 e. The van der Waals surface area contributed by atoms with Crippen LogP contribution in [0.3, 0.4) is 0 Å². The highest BCUT2D eigenvalue weighted by Gasteiger charge is 2.42. The molecule has 0 aliphatic carbocycles. The van der Waals surface area contributed by atoms with Crippen LogP contribution in [-0.4, -0.2) is 33.1 Å². The standard InChI is InChI=1S/C18H22N3O4P/c22-18-17(26(23,24)20-13-16-9-4-5-11-19-16)10-6-12-21(18)25-14-15-7-2-1-3-8-15/h1-5,7-9,11,17H,6,10,12-14H2,(H2,20,23,24). The predicted octanol–water partition coefficient (Wildman–Crippen LogP) is 2.48. The highest BCUT2D eigenvalue weighted by atomic mass is 31.2. The van der Waals surface area contributed by atoms with E-state index in [0.717, 1.165) is 5.56 Å². The first kappa shape index (κ1) is 18.7. The minimum absolute atomic E-state index is 0.128. The summed E-state index contributed by atoms with van der Waals surface area (Å²) in [5.41, 5.74) is 0.570. The van der Waals surface area contributed by atoms with Gasteiger partial charge in [-0.25, -0.2) is 10.2 Å². The van der Waals surface area contributed by atoms with Crippen molar-refractivity contribution in [3.05, 3.63) is 66.0 Å². The van der Waals surface area contributed by atoms with Crippen LogP contribution in [0.5, 0.6) is 0 Å². The summed E-state index contributed by atoms with van der Waals surface area (Å²) in [5.74, 6) is -0.452. The van der Waals surface area contributed by atoms with Crippen LogP contribution in [0.15, 0.2) is 54.7 Å². The fourth-order valence-corrected chi connectivity index (χ4v) is 4.38. The second-order valence-corrected chi connectivity index (χ2v) is 8.32. The lowest BCUT2D eigenvalue weighted by atomic mass is 10.1. The Balaban J connectivity index is 1.59. The van der Waals surface area contributed by atoms with E-state index in [4.69, 9.17) is 4.84 Å². The number of aromatic nitrogens is 1. The predicted molar refractivity (Wildman–Crippen MR) is 96.9 cm³/mol. The molecule has 1 amide bonds. The third-order valence-corrected chi connectivity index (χ3v) is 6.17. The topological polar surface area (TPSA) is 91.8 Å². The Kier molecular flexibility index (Phi) is 6.16. The molecule has 2 unspecified atom stereocenters. The maximum absolute atomic E-state index is 12.7. The zero-order valence-electron chi connectivity index (χ0n) is 14.3. The third-order valence-electron chi connectivity index (χ3n) is 4.23. The van der Waals surface area contributed by atoms with Crippen LogP contribution < -0.4 is 5.09 Å². The number of pyridine rings is 1. The second-order valence-electron chi connectivity index (χ2n) is 6.14. The van der Waals surface area contributed by atoms with Gasteiger partial charge in [-0.2, -0.15) is 0 Å². The van der Waals surface area contributed by atoms with Crippen LogP contribution in [0.25, 0.3) is 0 Å². The Morgan fingerprint density at radius 3 is 2.73 bits per heavy atom. The molecular weight excluding hydrogens is 353 g/mol. The van der Waals surface area contributed by atoms with Gasteiger partial charge in [0.15, 0.2) is 0 Å². The Hall–Kier alpha value is -2.05. The molecule has 8 heteroatoms. The summed E-state index contributed by atoms with van der Waals surface area (Å²) >= 11 is 0. The molecule has 1 aliphatic heterocycles. The highest BCUT2D eigenvalue weighted by molar-refractivity contribution is 7.57. The molecule has 0 bridgehead atoms. The number of hydrogen-bond acceptors (Lipinski definition) is 4. The van der Waals surface area contributed by atoms with E-state index in [2.05, 4.69) is 10.1 Å². The summed E-state index contributed by atoms with van der Waals surface area (Å²) in [4.78, 5) is 32.7. The second kappa shape index (κ2) is 8.56. The molecule has 2 heterocycles. The third kappa shape index (κ3) is 4.77. The van der Waals surface area contributed by atoms with Crippen molar-refractivity contribution in [2.45, 2.75) is 31.7 Å². The van der Waals surface area contributed by atoms with E-state index in [9.17, 15) is 14.3 Å². The van der Waals surface area contributed by atoms with Gasteiger partial charge in [0.25, 0.3) is 13.4 Å². The van der Waals surface area contributed by atoms with Gasteiger partial charge in [-0.1, -0.05) is 36.4 Å². The van der Waals surface area contributed by atoms with Crippen molar-refractivity contribution in [1.29, 1.82) is 0 Å². The van der Waals surface area contributed by atoms with Crippen molar-refractivity contribution in [3.8, 4) is 0 Å². The summed E-state index contributed by atoms with van der Waals surface area (Å²) in [6.07, 6.45) is 2.58. The normalized spacial score (nSPS) is 20.0. The van der Waals surface area contributed by atoms with Gasteiger partial charge in [0.1, 0.15) is 12.3 Å². The molecule has 2 aromatic rings. The molecule has 138 valence electrons. The quantitative estimate of drug-likeness (QED) is 0.723. The minimum Gasteiger partial charge on any atom is -0.333 e. The van der Waals surface area contributed by atoms with Crippen LogP contribution in [0.1, 0.15) is 24.1 Å². The van der Waals surface area contributed by atoms with Crippen molar-refractivity contribution < 1.29 is 19.1 Å². The molecule has 1 aromatic carbocycles. The van der Waals surface area contributed by atoms with Gasteiger partial charge in [0.2, 0.25) is 0 Å². The fraction of sp³-hybridized carbons (Fsp3) is 0.333. The first-order chi connectivity index (χ1) is 12.6. The number of benzene rings is 1. The van der Waals surface area contributed by atoms with Gasteiger partial charge in [-0.05, 0) is 30.5 Å². The Morgan fingerprint density at radius 1 is 1.23 bits per heavy atom. The molecule has 1 fully saturated rings. The highest BCUT2D eigenvalue weighted by Crippen LogP contribution is 2.46. The van der Waals surface area contributed by atoms with E-state index in [1.807, 2.05) is 30.3 Å². The van der Waals surface area contributed by atoms with Gasteiger partial charge in [0, 0.05) is 19.3 Å². The van der Waals surface area contributed by atoms with E-state index in [1.54, 1.807) is 24.4 Å². The molecule has 7 nitrogen and oxygen atoms in total. The maximum Gasteiger partial charge on any atom is 0.280 e. The fourth-order valence-electron chi connectivity index (χ4n) is 2.81. The van der Waals surface area contributed by atoms with Crippen molar-refractivity contribution in [2.24, 2.45) is 0 Å². The lowest BCUT2D eigenvalue weighted by Crippen LogP contribution is -2.45. The van der Waals surface area contributed by atoms with E-state index < -0.39 is 19.1 Å². The van der Waals surface area contributed by atoms with Gasteiger partial charge in [-0.3, -0.25) is 19.2 Å². The van der Waals surface area contributed by atoms with Gasteiger partial charge in [0.05, 0.1) is 5.69 Å². The maximum atomic E-state index is 12.7. The van der Waals surface area contributed by atoms with Gasteiger partial charge < -0.3 is 4.89 Å². The van der Waals surface area contributed by atoms with Crippen molar-refractivity contribution in [2.75, 3.05) is 6.54 Å². The zero-order valence-corrected chi connectivity index (χ0v) is 15.2. The Labute approximate surface area is 152 Å². The van der Waals surface area contributed by atoms with Crippen LogP contribution in [0, 0.1) is 0 Å². The summed E-state index contributed by atoms with van der Waals surface area (Å²) in [5, 5.41) is 3.83. The number of carbonyl (C=O) groups is 1. The number of hydrogen-bond donors (Lipinski definition) is 2. The number of piperidine rings is 1. The van der Waals surface area contributed by atoms with E-state index >= 15 is 0 Å². The zero-order chi connectivity index (χ0) is 18.4. The van der Waals surface area contributed by atoms with Crippen molar-refractivity contribution >= 4 is 13.4 Å². The molecule has 1 saturated heterocycles. The molecule has 26 heavy (non-hydrogen) atoms. The number of rotatable bonds is 7. The molecule has 0 saturated carbocycles. The SMILES string of the molecule is O=C1C(P(=O)(O)NCc2ccccn2)CCCN1OCc1ccccc1. The average molecular weight is 375 g/mol. The number of nitrogens with zero attached hydrogens (tertiary/aromatic N) is 2. The molecule has 1 aromatic heterocycles. The van der Waals surface area contributed by atoms with Crippen LogP contribution >= 0.6 is 7.52 Å². The van der Waals surface area contributed by atoms with E-state index in [-0.39, 0.29) is 13.2 Å². The Morgan fingerprint density at radius 2 is 2.00 bits per heavy atom. The number of carbonyl (C=O) groups excluding carboxylic acids is 1. The van der Waals surface area contributed by atoms with Crippen molar-refractivity contribution in [1.82, 2.24) is 15.1 Å². The average Bonchev–Trinajstić information content (AvgIpc) is 2.67. The van der Waals surface area contributed by atoms with Gasteiger partial charge in [-0.15, -0.1) is 0 Å². The van der Waals surface area contributed by atoms with Crippen LogP contribution in [-0.2, 0) is 27.3 Å². The van der Waals surface area contributed by atoms with E-state index in [0.29, 0.717) is 25.1 Å². The van der Waals surface area contributed by atoms with E-state index in [1.165, 1.54) is 5.06 Å². The molecular formula is C18H22N3O4P. The molecule has 3 rings (SSSR count). The summed E-state index contributed by atoms with van der Waals surface area (Å²) < 4.78 is 12.7. The summed E-state index contributed by atoms with van der Waals surface area (Å²) in [6.45, 7) is 0.794. The molecule has 2 N–H and O–H groups in total. The summed E-state index contributed by atoms with van der Waals surface area (Å²) in [6, 6.07) is 14.8. The number of nitrogens with one attached hydrogen (secondary N) is 1. The van der Waals surface area contributed by atoms with Crippen LogP contribution in [0.4, 0.5) is 0 Å². The van der Waals surface area contributed by atoms with Crippen LogP contribution in [0.2, 0.25) is 0 Å². The first-order valence-corrected chi connectivity index (χ1v) is 10.2. The van der Waals surface area contributed by atoms with Gasteiger partial charge >= 0.3 is 0 Å². The Bertz CT molecular complexity index is 773. The van der Waals surface area contributed by atoms with Crippen molar-refractivity contribution in [3.63, 3.8) is 0 Å². The lowest BCUT2D eigenvalue weighted by molar-refractivity contribution is -0.196. The molecule has 0 spiro atoms. The first-order valence-electron chi connectivity index (χ1n) is 8.52. The molecule has 2 atom stereocenters. The number of hydroxylamine groups is 2. The summed E-state index contributed by atoms with van der Waals surface area (Å²) in [7, 11) is -3.88. The molecule has 0 radical (unpaired) electrons. The minimum atomic E-state index is -3.88. The number of amides is 1. The molecule has 1 aliphatic rings.